The van der Waals surface area contributed by atoms with Crippen molar-refractivity contribution in [3.63, 3.8) is 0 Å². The van der Waals surface area contributed by atoms with E-state index in [4.69, 9.17) is 24.4 Å². The van der Waals surface area contributed by atoms with Crippen molar-refractivity contribution < 1.29 is 0 Å². The molecule has 0 aliphatic carbocycles. The van der Waals surface area contributed by atoms with Crippen LogP contribution in [0.1, 0.15) is 0 Å². The maximum atomic E-state index is 5.09. The Morgan fingerprint density at radius 2 is 1.44 bits per heavy atom. The maximum Gasteiger partial charge on any atom is 0.137 e. The van der Waals surface area contributed by atoms with Crippen LogP contribution in [-0.4, -0.2) is 21.2 Å². The van der Waals surface area contributed by atoms with E-state index in [0.29, 0.717) is 0 Å². The third-order valence-electron chi connectivity index (χ3n) is 1.73. The van der Waals surface area contributed by atoms with Crippen LogP contribution >= 0.6 is 48.0 Å². The second kappa shape index (κ2) is 7.11. The van der Waals surface area contributed by atoms with Gasteiger partial charge in [-0.3, -0.25) is 0 Å². The van der Waals surface area contributed by atoms with Crippen LogP contribution in [0.5, 0.6) is 0 Å². The monoisotopic (exact) mass is 288 g/mol. The molecule has 0 atom stereocenters. The van der Waals surface area contributed by atoms with Crippen LogP contribution in [0.3, 0.4) is 0 Å². The predicted molar refractivity (Wildman–Crippen MR) is 85.9 cm³/mol. The smallest absolute Gasteiger partial charge is 0.137 e. The number of benzene rings is 1. The van der Waals surface area contributed by atoms with E-state index in [1.165, 1.54) is 23.5 Å². The minimum Gasteiger partial charge on any atom is -0.341 e. The van der Waals surface area contributed by atoms with Crippen molar-refractivity contribution in [2.24, 2.45) is 0 Å². The standard InChI is InChI=1S/C10H12N2S4/c1-15-9(13)11-7-4-3-5-8(6-7)12-10(14)16-2/h3-6H,1-2H3,(H,11,13)(H,12,14). The fourth-order valence-corrected chi connectivity index (χ4v) is 1.69. The number of rotatable bonds is 2. The summed E-state index contributed by atoms with van der Waals surface area (Å²) in [6.07, 6.45) is 3.89. The second-order valence-electron chi connectivity index (χ2n) is 2.81. The van der Waals surface area contributed by atoms with E-state index >= 15 is 0 Å². The van der Waals surface area contributed by atoms with Gasteiger partial charge in [-0.15, -0.1) is 23.5 Å². The summed E-state index contributed by atoms with van der Waals surface area (Å²) < 4.78 is 1.51. The van der Waals surface area contributed by atoms with Gasteiger partial charge in [0.1, 0.15) is 8.64 Å². The minimum absolute atomic E-state index is 0.754. The summed E-state index contributed by atoms with van der Waals surface area (Å²) in [5, 5.41) is 6.26. The highest BCUT2D eigenvalue weighted by atomic mass is 32.2. The van der Waals surface area contributed by atoms with Gasteiger partial charge in [-0.05, 0) is 30.7 Å². The lowest BCUT2D eigenvalue weighted by Crippen LogP contribution is -2.06. The molecule has 6 heteroatoms. The molecule has 0 spiro atoms. The van der Waals surface area contributed by atoms with Gasteiger partial charge in [0.2, 0.25) is 0 Å². The van der Waals surface area contributed by atoms with Crippen molar-refractivity contribution in [3.8, 4) is 0 Å². The third-order valence-corrected chi connectivity index (χ3v) is 3.88. The van der Waals surface area contributed by atoms with Crippen LogP contribution in [0.25, 0.3) is 0 Å². The average molecular weight is 288 g/mol. The Balaban J connectivity index is 2.71. The van der Waals surface area contributed by atoms with Crippen LogP contribution < -0.4 is 10.6 Å². The van der Waals surface area contributed by atoms with Gasteiger partial charge < -0.3 is 10.6 Å². The molecule has 2 N–H and O–H groups in total. The lowest BCUT2D eigenvalue weighted by Gasteiger charge is -2.09. The lowest BCUT2D eigenvalue weighted by atomic mass is 10.3. The molecule has 0 radical (unpaired) electrons. The molecule has 16 heavy (non-hydrogen) atoms. The highest BCUT2D eigenvalue weighted by Crippen LogP contribution is 2.17. The molecule has 0 amide bonds. The molecule has 0 fully saturated rings. The van der Waals surface area contributed by atoms with Crippen LogP contribution in [0.4, 0.5) is 11.4 Å². The lowest BCUT2D eigenvalue weighted by molar-refractivity contribution is 1.63. The van der Waals surface area contributed by atoms with Crippen molar-refractivity contribution in [1.29, 1.82) is 0 Å². The summed E-state index contributed by atoms with van der Waals surface area (Å²) in [4.78, 5) is 0. The normalized spacial score (nSPS) is 9.62. The van der Waals surface area contributed by atoms with Crippen LogP contribution in [0.15, 0.2) is 24.3 Å². The number of hydrogen-bond donors (Lipinski definition) is 2. The van der Waals surface area contributed by atoms with Crippen molar-refractivity contribution in [3.05, 3.63) is 24.3 Å². The highest BCUT2D eigenvalue weighted by molar-refractivity contribution is 8.23. The van der Waals surface area contributed by atoms with Gasteiger partial charge in [0.05, 0.1) is 0 Å². The minimum atomic E-state index is 0.754. The van der Waals surface area contributed by atoms with E-state index < -0.39 is 0 Å². The molecule has 1 aromatic carbocycles. The Bertz CT molecular complexity index is 359. The first-order chi connectivity index (χ1) is 7.65. The first kappa shape index (κ1) is 13.8. The first-order valence-electron chi connectivity index (χ1n) is 4.45. The van der Waals surface area contributed by atoms with E-state index in [1.807, 2.05) is 36.8 Å². The fraction of sp³-hybridized carbons (Fsp3) is 0.200. The molecule has 0 aliphatic heterocycles. The molecule has 0 saturated heterocycles. The van der Waals surface area contributed by atoms with Crippen LogP contribution in [0.2, 0.25) is 0 Å². The summed E-state index contributed by atoms with van der Waals surface area (Å²) in [5.41, 5.74) is 1.93. The SMILES string of the molecule is CSC(=S)Nc1cccc(NC(=S)SC)c1. The first-order valence-corrected chi connectivity index (χ1v) is 7.72. The van der Waals surface area contributed by atoms with Gasteiger partial charge in [0, 0.05) is 11.4 Å². The van der Waals surface area contributed by atoms with E-state index in [2.05, 4.69) is 10.6 Å². The predicted octanol–water partition coefficient (Wildman–Crippen LogP) is 3.81. The summed E-state index contributed by atoms with van der Waals surface area (Å²) in [7, 11) is 0. The molecule has 1 aromatic rings. The zero-order chi connectivity index (χ0) is 12.0. The second-order valence-corrected chi connectivity index (χ2v) is 5.78. The molecular formula is C10H12N2S4. The largest absolute Gasteiger partial charge is 0.341 e. The molecule has 0 aromatic heterocycles. The van der Waals surface area contributed by atoms with Crippen LogP contribution in [-0.2, 0) is 0 Å². The Morgan fingerprint density at radius 3 is 1.81 bits per heavy atom. The molecule has 0 heterocycles. The Hall–Kier alpha value is -0.300. The Labute approximate surface area is 115 Å². The topological polar surface area (TPSA) is 24.1 Å². The summed E-state index contributed by atoms with van der Waals surface area (Å²) in [5.74, 6) is 0. The molecule has 1 rings (SSSR count). The van der Waals surface area contributed by atoms with Gasteiger partial charge in [-0.25, -0.2) is 0 Å². The van der Waals surface area contributed by atoms with Gasteiger partial charge >= 0.3 is 0 Å². The van der Waals surface area contributed by atoms with E-state index in [-0.39, 0.29) is 0 Å². The maximum absolute atomic E-state index is 5.09. The fourth-order valence-electron chi connectivity index (χ4n) is 1.01. The zero-order valence-electron chi connectivity index (χ0n) is 8.94. The molecular weight excluding hydrogens is 276 g/mol. The third kappa shape index (κ3) is 4.69. The summed E-state index contributed by atoms with van der Waals surface area (Å²) >= 11 is 13.2. The average Bonchev–Trinajstić information content (AvgIpc) is 2.29. The van der Waals surface area contributed by atoms with Crippen LogP contribution in [0, 0.1) is 0 Å². The quantitative estimate of drug-likeness (QED) is 0.803. The number of thiocarbonyl (C=S) groups is 2. The molecule has 0 unspecified atom stereocenters. The van der Waals surface area contributed by atoms with Gasteiger partial charge in [0.25, 0.3) is 0 Å². The summed E-state index contributed by atoms with van der Waals surface area (Å²) in [6.45, 7) is 0. The number of anilines is 2. The Kier molecular flexibility index (Phi) is 6.12. The van der Waals surface area contributed by atoms with Crippen molar-refractivity contribution in [1.82, 2.24) is 0 Å². The number of nitrogens with one attached hydrogen (secondary N) is 2. The zero-order valence-corrected chi connectivity index (χ0v) is 12.2. The highest BCUT2D eigenvalue weighted by Gasteiger charge is 1.99. The molecule has 2 nitrogen and oxygen atoms in total. The Morgan fingerprint density at radius 1 is 1.00 bits per heavy atom. The molecule has 86 valence electrons. The van der Waals surface area contributed by atoms with Gasteiger partial charge in [0.15, 0.2) is 0 Å². The number of hydrogen-bond acceptors (Lipinski definition) is 4. The molecule has 0 saturated carbocycles. The van der Waals surface area contributed by atoms with Crippen molar-refractivity contribution in [2.75, 3.05) is 23.1 Å². The van der Waals surface area contributed by atoms with Gasteiger partial charge in [-0.1, -0.05) is 30.5 Å². The van der Waals surface area contributed by atoms with Gasteiger partial charge in [-0.2, -0.15) is 0 Å². The van der Waals surface area contributed by atoms with Crippen molar-refractivity contribution >= 4 is 68.0 Å². The van der Waals surface area contributed by atoms with E-state index in [0.717, 1.165) is 20.0 Å². The summed E-state index contributed by atoms with van der Waals surface area (Å²) in [6, 6.07) is 7.87. The van der Waals surface area contributed by atoms with E-state index in [1.54, 1.807) is 0 Å². The number of thioether (sulfide) groups is 2. The van der Waals surface area contributed by atoms with E-state index in [9.17, 15) is 0 Å². The van der Waals surface area contributed by atoms with Crippen molar-refractivity contribution in [2.45, 2.75) is 0 Å². The molecule has 0 bridgehead atoms. The molecule has 0 aliphatic rings.